The Labute approximate surface area is 123 Å². The summed E-state index contributed by atoms with van der Waals surface area (Å²) in [7, 11) is 0. The number of phenols is 1. The minimum absolute atomic E-state index is 0.136. The van der Waals surface area contributed by atoms with Crippen molar-refractivity contribution >= 4 is 11.6 Å². The van der Waals surface area contributed by atoms with E-state index in [4.69, 9.17) is 5.73 Å². The zero-order valence-corrected chi connectivity index (χ0v) is 11.5. The van der Waals surface area contributed by atoms with Crippen molar-refractivity contribution in [2.24, 2.45) is 5.73 Å². The molecule has 0 atom stereocenters. The van der Waals surface area contributed by atoms with Gasteiger partial charge in [0.05, 0.1) is 18.7 Å². The summed E-state index contributed by atoms with van der Waals surface area (Å²) in [6.45, 7) is 0.274. The molecule has 0 aliphatic carbocycles. The van der Waals surface area contributed by atoms with Crippen molar-refractivity contribution in [1.29, 1.82) is 0 Å². The van der Waals surface area contributed by atoms with Crippen LogP contribution in [0.3, 0.4) is 0 Å². The molecule has 0 aliphatic rings. The van der Waals surface area contributed by atoms with Gasteiger partial charge in [-0.25, -0.2) is 0 Å². The van der Waals surface area contributed by atoms with Gasteiger partial charge in [-0.15, -0.1) is 0 Å². The number of amides is 1. The Bertz CT molecular complexity index is 682. The fraction of sp³-hybridized carbons (Fsp3) is 0.118. The smallest absolute Gasteiger partial charge is 0.228 e. The predicted octanol–water partition coefficient (Wildman–Crippen LogP) is 1.88. The molecular weight excluding hydrogens is 264 g/mol. The maximum absolute atomic E-state index is 12.0. The molecule has 0 saturated heterocycles. The molecule has 1 amide bonds. The van der Waals surface area contributed by atoms with Gasteiger partial charge in [0.25, 0.3) is 0 Å². The molecular formula is C17H16N2O2. The van der Waals surface area contributed by atoms with Gasteiger partial charge in [-0.3, -0.25) is 4.79 Å². The summed E-state index contributed by atoms with van der Waals surface area (Å²) in [6.07, 6.45) is 0.235. The molecule has 4 heteroatoms. The summed E-state index contributed by atoms with van der Waals surface area (Å²) in [4.78, 5) is 12.0. The maximum Gasteiger partial charge on any atom is 0.228 e. The normalized spacial score (nSPS) is 9.57. The molecule has 4 N–H and O–H groups in total. The molecule has 0 heterocycles. The Kier molecular flexibility index (Phi) is 4.97. The van der Waals surface area contributed by atoms with Crippen molar-refractivity contribution in [2.45, 2.75) is 6.42 Å². The number of hydrogen-bond acceptors (Lipinski definition) is 3. The molecule has 0 radical (unpaired) electrons. The topological polar surface area (TPSA) is 75.3 Å². The molecule has 0 aromatic heterocycles. The van der Waals surface area contributed by atoms with Gasteiger partial charge in [-0.2, -0.15) is 0 Å². The third-order valence-corrected chi connectivity index (χ3v) is 2.83. The number of rotatable bonds is 3. The zero-order chi connectivity index (χ0) is 15.1. The number of carbonyl (C=O) groups is 1. The average molecular weight is 280 g/mol. The standard InChI is InChI=1S/C17H16N2O2/c18-11-3-5-14-4-1-2-6-16(14)19-17(21)12-13-7-9-15(20)10-8-13/h1-2,4,6-10,20H,11-12,18H2,(H,19,21). The number of benzene rings is 2. The highest BCUT2D eigenvalue weighted by Gasteiger charge is 2.06. The SMILES string of the molecule is NCC#Cc1ccccc1NC(=O)Cc1ccc(O)cc1. The van der Waals surface area contributed by atoms with Crippen LogP contribution in [0, 0.1) is 11.8 Å². The number of nitrogens with two attached hydrogens (primary N) is 1. The first-order valence-corrected chi connectivity index (χ1v) is 6.55. The summed E-state index contributed by atoms with van der Waals surface area (Å²) in [6, 6.07) is 13.9. The van der Waals surface area contributed by atoms with Crippen LogP contribution in [0.4, 0.5) is 5.69 Å². The number of para-hydroxylation sites is 1. The van der Waals surface area contributed by atoms with Gasteiger partial charge < -0.3 is 16.2 Å². The molecule has 0 unspecified atom stereocenters. The zero-order valence-electron chi connectivity index (χ0n) is 11.5. The van der Waals surface area contributed by atoms with Crippen LogP contribution in [0.1, 0.15) is 11.1 Å². The van der Waals surface area contributed by atoms with Crippen molar-refractivity contribution in [3.05, 3.63) is 59.7 Å². The number of aromatic hydroxyl groups is 1. The third-order valence-electron chi connectivity index (χ3n) is 2.83. The van der Waals surface area contributed by atoms with Gasteiger partial charge in [-0.05, 0) is 29.8 Å². The number of anilines is 1. The molecule has 2 rings (SSSR count). The maximum atomic E-state index is 12.0. The summed E-state index contributed by atoms with van der Waals surface area (Å²) >= 11 is 0. The Morgan fingerprint density at radius 1 is 1.14 bits per heavy atom. The van der Waals surface area contributed by atoms with E-state index in [1.54, 1.807) is 30.3 Å². The van der Waals surface area contributed by atoms with Gasteiger partial charge >= 0.3 is 0 Å². The van der Waals surface area contributed by atoms with Crippen LogP contribution in [-0.2, 0) is 11.2 Å². The van der Waals surface area contributed by atoms with Crippen LogP contribution in [0.15, 0.2) is 48.5 Å². The van der Waals surface area contributed by atoms with Gasteiger partial charge in [0, 0.05) is 5.56 Å². The lowest BCUT2D eigenvalue weighted by Crippen LogP contribution is -2.15. The molecule has 0 saturated carbocycles. The number of phenolic OH excluding ortho intramolecular Hbond substituents is 1. The van der Waals surface area contributed by atoms with E-state index in [9.17, 15) is 9.90 Å². The number of hydrogen-bond donors (Lipinski definition) is 3. The van der Waals surface area contributed by atoms with Crippen molar-refractivity contribution in [3.8, 4) is 17.6 Å². The predicted molar refractivity (Wildman–Crippen MR) is 82.8 cm³/mol. The van der Waals surface area contributed by atoms with Crippen LogP contribution in [0.5, 0.6) is 5.75 Å². The molecule has 2 aromatic carbocycles. The number of carbonyl (C=O) groups excluding carboxylic acids is 1. The van der Waals surface area contributed by atoms with Crippen molar-refractivity contribution in [1.82, 2.24) is 0 Å². The number of nitrogens with one attached hydrogen (secondary N) is 1. The minimum Gasteiger partial charge on any atom is -0.508 e. The largest absolute Gasteiger partial charge is 0.508 e. The fourth-order valence-electron chi connectivity index (χ4n) is 1.84. The Balaban J connectivity index is 2.07. The van der Waals surface area contributed by atoms with Gasteiger partial charge in [0.2, 0.25) is 5.91 Å². The second-order valence-electron chi connectivity index (χ2n) is 4.44. The lowest BCUT2D eigenvalue weighted by molar-refractivity contribution is -0.115. The van der Waals surface area contributed by atoms with Crippen LogP contribution in [0.2, 0.25) is 0 Å². The van der Waals surface area contributed by atoms with E-state index in [2.05, 4.69) is 17.2 Å². The third kappa shape index (κ3) is 4.37. The van der Waals surface area contributed by atoms with E-state index in [-0.39, 0.29) is 24.6 Å². The molecule has 106 valence electrons. The molecule has 0 spiro atoms. The first-order chi connectivity index (χ1) is 10.2. The molecule has 0 fully saturated rings. The Morgan fingerprint density at radius 3 is 2.57 bits per heavy atom. The van der Waals surface area contributed by atoms with E-state index in [0.29, 0.717) is 5.69 Å². The summed E-state index contributed by atoms with van der Waals surface area (Å²) in [5.74, 6) is 5.75. The molecule has 21 heavy (non-hydrogen) atoms. The molecule has 4 nitrogen and oxygen atoms in total. The summed E-state index contributed by atoms with van der Waals surface area (Å²) in [5.41, 5.74) is 7.60. The van der Waals surface area contributed by atoms with Gasteiger partial charge in [-0.1, -0.05) is 36.1 Å². The minimum atomic E-state index is -0.136. The van der Waals surface area contributed by atoms with Gasteiger partial charge in [0.15, 0.2) is 0 Å². The van der Waals surface area contributed by atoms with Crippen LogP contribution < -0.4 is 11.1 Å². The quantitative estimate of drug-likeness (QED) is 0.751. The lowest BCUT2D eigenvalue weighted by Gasteiger charge is -2.07. The van der Waals surface area contributed by atoms with Crippen LogP contribution >= 0.6 is 0 Å². The molecule has 0 aliphatic heterocycles. The first kappa shape index (κ1) is 14.6. The highest BCUT2D eigenvalue weighted by atomic mass is 16.3. The Morgan fingerprint density at radius 2 is 1.86 bits per heavy atom. The van der Waals surface area contributed by atoms with Crippen LogP contribution in [-0.4, -0.2) is 17.6 Å². The highest BCUT2D eigenvalue weighted by Crippen LogP contribution is 2.15. The molecule has 0 bridgehead atoms. The second kappa shape index (κ2) is 7.13. The van der Waals surface area contributed by atoms with Crippen molar-refractivity contribution < 1.29 is 9.90 Å². The van der Waals surface area contributed by atoms with E-state index >= 15 is 0 Å². The lowest BCUT2D eigenvalue weighted by atomic mass is 10.1. The van der Waals surface area contributed by atoms with E-state index in [1.165, 1.54) is 0 Å². The summed E-state index contributed by atoms with van der Waals surface area (Å²) < 4.78 is 0. The highest BCUT2D eigenvalue weighted by molar-refractivity contribution is 5.93. The van der Waals surface area contributed by atoms with E-state index in [1.807, 2.05) is 18.2 Å². The van der Waals surface area contributed by atoms with E-state index < -0.39 is 0 Å². The second-order valence-corrected chi connectivity index (χ2v) is 4.44. The fourth-order valence-corrected chi connectivity index (χ4v) is 1.84. The summed E-state index contributed by atoms with van der Waals surface area (Å²) in [5, 5.41) is 12.1. The Hall–Kier alpha value is -2.77. The first-order valence-electron chi connectivity index (χ1n) is 6.55. The van der Waals surface area contributed by atoms with Crippen molar-refractivity contribution in [2.75, 3.05) is 11.9 Å². The monoisotopic (exact) mass is 280 g/mol. The average Bonchev–Trinajstić information content (AvgIpc) is 2.49. The molecule has 2 aromatic rings. The van der Waals surface area contributed by atoms with Crippen molar-refractivity contribution in [3.63, 3.8) is 0 Å². The van der Waals surface area contributed by atoms with Gasteiger partial charge in [0.1, 0.15) is 5.75 Å². The van der Waals surface area contributed by atoms with Crippen LogP contribution in [0.25, 0.3) is 0 Å². The van der Waals surface area contributed by atoms with E-state index in [0.717, 1.165) is 11.1 Å².